The van der Waals surface area contributed by atoms with Gasteiger partial charge in [-0.2, -0.15) is 0 Å². The summed E-state index contributed by atoms with van der Waals surface area (Å²) in [5.74, 6) is 1.17. The first-order chi connectivity index (χ1) is 11.1. The van der Waals surface area contributed by atoms with Crippen LogP contribution in [0.4, 0.5) is 0 Å². The van der Waals surface area contributed by atoms with Crippen LogP contribution < -0.4 is 0 Å². The number of aryl methyl sites for hydroxylation is 1. The van der Waals surface area contributed by atoms with E-state index in [1.54, 1.807) is 17.3 Å². The molecule has 6 heteroatoms. The summed E-state index contributed by atoms with van der Waals surface area (Å²) in [6.45, 7) is 5.40. The molecule has 0 saturated carbocycles. The van der Waals surface area contributed by atoms with Gasteiger partial charge in [-0.1, -0.05) is 6.92 Å². The number of aliphatic hydroxyl groups excluding tert-OH is 1. The van der Waals surface area contributed by atoms with Crippen molar-refractivity contribution in [3.63, 3.8) is 0 Å². The van der Waals surface area contributed by atoms with Gasteiger partial charge in [-0.25, -0.2) is 4.98 Å². The first-order valence-electron chi connectivity index (χ1n) is 7.97. The predicted molar refractivity (Wildman–Crippen MR) is 86.8 cm³/mol. The molecule has 3 heterocycles. The van der Waals surface area contributed by atoms with Crippen molar-refractivity contribution in [2.75, 3.05) is 19.7 Å². The van der Waals surface area contributed by atoms with Gasteiger partial charge in [-0.05, 0) is 31.4 Å². The molecule has 1 aliphatic heterocycles. The maximum atomic E-state index is 12.8. The lowest BCUT2D eigenvalue weighted by molar-refractivity contribution is 0.0506. The largest absolute Gasteiger partial charge is 0.396 e. The van der Waals surface area contributed by atoms with Crippen LogP contribution in [0.2, 0.25) is 0 Å². The number of H-pyrrole nitrogens is 1. The van der Waals surface area contributed by atoms with Crippen molar-refractivity contribution in [3.8, 4) is 11.4 Å². The van der Waals surface area contributed by atoms with Gasteiger partial charge in [0.25, 0.3) is 5.91 Å². The third kappa shape index (κ3) is 3.12. The van der Waals surface area contributed by atoms with E-state index in [0.29, 0.717) is 30.5 Å². The quantitative estimate of drug-likeness (QED) is 0.906. The highest BCUT2D eigenvalue weighted by atomic mass is 16.3. The molecule has 0 radical (unpaired) electrons. The Morgan fingerprint density at radius 3 is 3.04 bits per heavy atom. The van der Waals surface area contributed by atoms with E-state index in [9.17, 15) is 9.90 Å². The molecule has 0 spiro atoms. The van der Waals surface area contributed by atoms with Crippen LogP contribution in [0.15, 0.2) is 24.5 Å². The molecule has 23 heavy (non-hydrogen) atoms. The lowest BCUT2D eigenvalue weighted by atomic mass is 9.87. The zero-order valence-electron chi connectivity index (χ0n) is 13.5. The third-order valence-electron chi connectivity index (χ3n) is 4.66. The molecule has 122 valence electrons. The summed E-state index contributed by atoms with van der Waals surface area (Å²) < 4.78 is 0. The Kier molecular flexibility index (Phi) is 4.43. The monoisotopic (exact) mass is 314 g/mol. The minimum Gasteiger partial charge on any atom is -0.396 e. The van der Waals surface area contributed by atoms with Crippen molar-refractivity contribution in [1.29, 1.82) is 0 Å². The lowest BCUT2D eigenvalue weighted by Gasteiger charge is -2.35. The number of carbonyl (C=O) groups is 1. The van der Waals surface area contributed by atoms with Gasteiger partial charge in [0.1, 0.15) is 11.5 Å². The number of hydrogen-bond acceptors (Lipinski definition) is 4. The summed E-state index contributed by atoms with van der Waals surface area (Å²) in [7, 11) is 0. The molecule has 0 aliphatic carbocycles. The number of imidazole rings is 1. The Hall–Kier alpha value is -2.21. The van der Waals surface area contributed by atoms with E-state index in [1.165, 1.54) is 0 Å². The first kappa shape index (κ1) is 15.7. The molecule has 0 bridgehead atoms. The van der Waals surface area contributed by atoms with Crippen LogP contribution in [0.5, 0.6) is 0 Å². The molecule has 1 fully saturated rings. The number of aromatic amines is 1. The summed E-state index contributed by atoms with van der Waals surface area (Å²) >= 11 is 0. The molecule has 3 rings (SSSR count). The minimum atomic E-state index is -0.0701. The SMILES string of the molecule is Cc1[nH]c(-c2cccnc2)nc1C(=O)N1CCC(C)C(CO)C1. The summed E-state index contributed by atoms with van der Waals surface area (Å²) in [4.78, 5) is 26.3. The third-order valence-corrected chi connectivity index (χ3v) is 4.66. The number of hydrogen-bond donors (Lipinski definition) is 2. The van der Waals surface area contributed by atoms with Gasteiger partial charge in [-0.3, -0.25) is 9.78 Å². The predicted octanol–water partition coefficient (Wildman–Crippen LogP) is 1.87. The smallest absolute Gasteiger partial charge is 0.274 e. The number of nitrogens with zero attached hydrogens (tertiary/aromatic N) is 3. The van der Waals surface area contributed by atoms with E-state index in [1.807, 2.05) is 19.1 Å². The fourth-order valence-electron chi connectivity index (χ4n) is 3.03. The second kappa shape index (κ2) is 6.50. The Morgan fingerprint density at radius 1 is 1.52 bits per heavy atom. The first-order valence-corrected chi connectivity index (χ1v) is 7.97. The summed E-state index contributed by atoms with van der Waals surface area (Å²) in [6.07, 6.45) is 4.34. The van der Waals surface area contributed by atoms with Crippen molar-refractivity contribution < 1.29 is 9.90 Å². The highest BCUT2D eigenvalue weighted by Crippen LogP contribution is 2.25. The number of pyridine rings is 1. The summed E-state index contributed by atoms with van der Waals surface area (Å²) in [5.41, 5.74) is 2.07. The van der Waals surface area contributed by atoms with Crippen LogP contribution in [-0.2, 0) is 0 Å². The van der Waals surface area contributed by atoms with Crippen molar-refractivity contribution in [2.24, 2.45) is 11.8 Å². The molecule has 6 nitrogen and oxygen atoms in total. The minimum absolute atomic E-state index is 0.0701. The van der Waals surface area contributed by atoms with Crippen LogP contribution in [0.1, 0.15) is 29.5 Å². The molecule has 1 saturated heterocycles. The maximum Gasteiger partial charge on any atom is 0.274 e. The second-order valence-corrected chi connectivity index (χ2v) is 6.26. The fourth-order valence-corrected chi connectivity index (χ4v) is 3.03. The summed E-state index contributed by atoms with van der Waals surface area (Å²) in [5, 5.41) is 9.47. The molecule has 2 unspecified atom stereocenters. The van der Waals surface area contributed by atoms with Gasteiger partial charge in [0, 0.05) is 49.3 Å². The zero-order chi connectivity index (χ0) is 16.4. The zero-order valence-corrected chi connectivity index (χ0v) is 13.5. The molecule has 0 aromatic carbocycles. The maximum absolute atomic E-state index is 12.8. The number of likely N-dealkylation sites (tertiary alicyclic amines) is 1. The number of rotatable bonds is 3. The van der Waals surface area contributed by atoms with Gasteiger partial charge in [-0.15, -0.1) is 0 Å². The lowest BCUT2D eigenvalue weighted by Crippen LogP contribution is -2.44. The second-order valence-electron chi connectivity index (χ2n) is 6.26. The van der Waals surface area contributed by atoms with Crippen LogP contribution in [0.3, 0.4) is 0 Å². The molecular formula is C17H22N4O2. The molecule has 2 atom stereocenters. The van der Waals surface area contributed by atoms with Gasteiger partial charge in [0.05, 0.1) is 0 Å². The number of piperidine rings is 1. The van der Waals surface area contributed by atoms with Crippen LogP contribution >= 0.6 is 0 Å². The van der Waals surface area contributed by atoms with E-state index in [-0.39, 0.29) is 18.4 Å². The van der Waals surface area contributed by atoms with Crippen molar-refractivity contribution in [1.82, 2.24) is 19.9 Å². The number of amides is 1. The molecule has 2 aromatic heterocycles. The Morgan fingerprint density at radius 2 is 2.35 bits per heavy atom. The van der Waals surface area contributed by atoms with Crippen LogP contribution in [-0.4, -0.2) is 50.6 Å². The molecule has 1 amide bonds. The van der Waals surface area contributed by atoms with Gasteiger partial charge in [0.2, 0.25) is 0 Å². The van der Waals surface area contributed by atoms with E-state index >= 15 is 0 Å². The number of carbonyl (C=O) groups excluding carboxylic acids is 1. The van der Waals surface area contributed by atoms with Gasteiger partial charge in [0.15, 0.2) is 0 Å². The average molecular weight is 314 g/mol. The highest BCUT2D eigenvalue weighted by Gasteiger charge is 2.30. The van der Waals surface area contributed by atoms with Gasteiger partial charge < -0.3 is 15.0 Å². The normalized spacial score (nSPS) is 21.4. The fraction of sp³-hybridized carbons (Fsp3) is 0.471. The molecule has 2 aromatic rings. The Balaban J connectivity index is 1.82. The topological polar surface area (TPSA) is 82.1 Å². The van der Waals surface area contributed by atoms with E-state index in [4.69, 9.17) is 0 Å². The van der Waals surface area contributed by atoms with E-state index in [2.05, 4.69) is 21.9 Å². The van der Waals surface area contributed by atoms with E-state index < -0.39 is 0 Å². The highest BCUT2D eigenvalue weighted by molar-refractivity contribution is 5.94. The number of aliphatic hydroxyl groups is 1. The molecule has 2 N–H and O–H groups in total. The van der Waals surface area contributed by atoms with Crippen LogP contribution in [0, 0.1) is 18.8 Å². The van der Waals surface area contributed by atoms with Crippen molar-refractivity contribution in [2.45, 2.75) is 20.3 Å². The summed E-state index contributed by atoms with van der Waals surface area (Å²) in [6, 6.07) is 3.75. The number of aromatic nitrogens is 3. The average Bonchev–Trinajstić information content (AvgIpc) is 2.97. The van der Waals surface area contributed by atoms with Crippen LogP contribution in [0.25, 0.3) is 11.4 Å². The Bertz CT molecular complexity index is 683. The Labute approximate surface area is 135 Å². The molecule has 1 aliphatic rings. The molecular weight excluding hydrogens is 292 g/mol. The van der Waals surface area contributed by atoms with Crippen molar-refractivity contribution >= 4 is 5.91 Å². The van der Waals surface area contributed by atoms with E-state index in [0.717, 1.165) is 17.7 Å². The van der Waals surface area contributed by atoms with Gasteiger partial charge >= 0.3 is 0 Å². The van der Waals surface area contributed by atoms with Crippen molar-refractivity contribution in [3.05, 3.63) is 35.9 Å². The number of nitrogens with one attached hydrogen (secondary N) is 1. The standard InChI is InChI=1S/C17H22N4O2/c1-11-5-7-21(9-14(11)10-22)17(23)15-12(2)19-16(20-15)13-4-3-6-18-8-13/h3-4,6,8,11,14,22H,5,7,9-10H2,1-2H3,(H,19,20).